The molecule has 6 heteroatoms. The number of nitrogens with one attached hydrogen (secondary N) is 2. The number of nitrogens with zero attached hydrogens (tertiary/aromatic N) is 4. The van der Waals surface area contributed by atoms with Crippen LogP contribution in [-0.2, 0) is 13.6 Å². The first-order chi connectivity index (χ1) is 15.2. The van der Waals surface area contributed by atoms with Gasteiger partial charge < -0.3 is 15.2 Å². The third kappa shape index (κ3) is 6.67. The molecule has 164 valence electrons. The van der Waals surface area contributed by atoms with Crippen LogP contribution in [0.5, 0.6) is 0 Å². The van der Waals surface area contributed by atoms with Crippen molar-refractivity contribution in [2.75, 3.05) is 13.1 Å². The van der Waals surface area contributed by atoms with Crippen LogP contribution in [0.4, 0.5) is 0 Å². The lowest BCUT2D eigenvalue weighted by Crippen LogP contribution is -2.38. The van der Waals surface area contributed by atoms with E-state index >= 15 is 0 Å². The monoisotopic (exact) mass is 418 g/mol. The van der Waals surface area contributed by atoms with Gasteiger partial charge in [-0.25, -0.2) is 4.99 Å². The van der Waals surface area contributed by atoms with Gasteiger partial charge in [0.05, 0.1) is 0 Å². The highest BCUT2D eigenvalue weighted by Crippen LogP contribution is 2.27. The van der Waals surface area contributed by atoms with E-state index in [0.29, 0.717) is 12.5 Å². The van der Waals surface area contributed by atoms with Gasteiger partial charge in [0.25, 0.3) is 0 Å². The lowest BCUT2D eigenvalue weighted by Gasteiger charge is -2.19. The van der Waals surface area contributed by atoms with Gasteiger partial charge in [0.15, 0.2) is 11.8 Å². The van der Waals surface area contributed by atoms with Crippen LogP contribution >= 0.6 is 0 Å². The van der Waals surface area contributed by atoms with Crippen LogP contribution < -0.4 is 10.6 Å². The van der Waals surface area contributed by atoms with Crippen molar-refractivity contribution >= 4 is 5.96 Å². The van der Waals surface area contributed by atoms with E-state index in [9.17, 15) is 0 Å². The van der Waals surface area contributed by atoms with Crippen LogP contribution in [0.1, 0.15) is 54.9 Å². The topological polar surface area (TPSA) is 67.1 Å². The minimum absolute atomic E-state index is 0.341. The summed E-state index contributed by atoms with van der Waals surface area (Å²) in [6.07, 6.45) is 3.23. The lowest BCUT2D eigenvalue weighted by atomic mass is 9.88. The molecule has 0 unspecified atom stereocenters. The Balaban J connectivity index is 1.67. The van der Waals surface area contributed by atoms with Crippen LogP contribution in [0, 0.1) is 6.92 Å². The van der Waals surface area contributed by atoms with Gasteiger partial charge in [0.2, 0.25) is 0 Å². The number of benzene rings is 2. The molecule has 0 saturated carbocycles. The molecule has 0 spiro atoms. The van der Waals surface area contributed by atoms with E-state index in [4.69, 9.17) is 4.99 Å². The zero-order valence-corrected chi connectivity index (χ0v) is 18.9. The Bertz CT molecular complexity index is 894. The largest absolute Gasteiger partial charge is 0.356 e. The molecule has 3 aromatic rings. The minimum atomic E-state index is 0.341. The Morgan fingerprint density at radius 3 is 2.10 bits per heavy atom. The highest BCUT2D eigenvalue weighted by atomic mass is 15.3. The average Bonchev–Trinajstić information content (AvgIpc) is 3.13. The van der Waals surface area contributed by atoms with Crippen molar-refractivity contribution in [3.63, 3.8) is 0 Å². The second-order valence-electron chi connectivity index (χ2n) is 7.76. The first-order valence-corrected chi connectivity index (χ1v) is 11.2. The Kier molecular flexibility index (Phi) is 8.64. The number of unbranched alkanes of at least 4 members (excludes halogenated alkanes) is 1. The van der Waals surface area contributed by atoms with E-state index in [1.54, 1.807) is 0 Å². The van der Waals surface area contributed by atoms with E-state index in [0.717, 1.165) is 50.0 Å². The molecule has 0 atom stereocenters. The molecule has 0 aliphatic carbocycles. The normalized spacial score (nSPS) is 11.7. The Hall–Kier alpha value is -3.15. The lowest BCUT2D eigenvalue weighted by molar-refractivity contribution is 0.666. The van der Waals surface area contributed by atoms with Crippen LogP contribution in [0.2, 0.25) is 0 Å². The summed E-state index contributed by atoms with van der Waals surface area (Å²) in [7, 11) is 1.97. The summed E-state index contributed by atoms with van der Waals surface area (Å²) in [5.41, 5.74) is 2.67. The fraction of sp³-hybridized carbons (Fsp3) is 0.400. The fourth-order valence-corrected chi connectivity index (χ4v) is 3.53. The van der Waals surface area contributed by atoms with Crippen molar-refractivity contribution in [1.82, 2.24) is 25.4 Å². The molecule has 1 heterocycles. The van der Waals surface area contributed by atoms with Crippen LogP contribution in [0.25, 0.3) is 0 Å². The number of aryl methyl sites for hydroxylation is 1. The highest BCUT2D eigenvalue weighted by Gasteiger charge is 2.14. The van der Waals surface area contributed by atoms with Gasteiger partial charge in [-0.3, -0.25) is 0 Å². The summed E-state index contributed by atoms with van der Waals surface area (Å²) >= 11 is 0. The summed E-state index contributed by atoms with van der Waals surface area (Å²) < 4.78 is 1.98. The standard InChI is InChI=1S/C25H34N6/c1-4-5-17-26-25(28-19-24-30-29-20(2)31(24)3)27-18-16-23(21-12-8-6-9-13-21)22-14-10-7-11-15-22/h6-15,23H,4-5,16-19H2,1-3H3,(H2,26,27,28). The van der Waals surface area contributed by atoms with Crippen molar-refractivity contribution in [3.05, 3.63) is 83.4 Å². The maximum atomic E-state index is 4.75. The fourth-order valence-electron chi connectivity index (χ4n) is 3.53. The molecule has 31 heavy (non-hydrogen) atoms. The Morgan fingerprint density at radius 2 is 1.55 bits per heavy atom. The second kappa shape index (κ2) is 11.9. The van der Waals surface area contributed by atoms with Crippen molar-refractivity contribution in [2.24, 2.45) is 12.0 Å². The van der Waals surface area contributed by atoms with Gasteiger partial charge in [-0.2, -0.15) is 0 Å². The zero-order valence-electron chi connectivity index (χ0n) is 18.9. The van der Waals surface area contributed by atoms with E-state index < -0.39 is 0 Å². The molecule has 0 saturated heterocycles. The van der Waals surface area contributed by atoms with Crippen LogP contribution in [0.15, 0.2) is 65.7 Å². The minimum Gasteiger partial charge on any atom is -0.356 e. The summed E-state index contributed by atoms with van der Waals surface area (Å²) in [4.78, 5) is 4.75. The molecule has 0 amide bonds. The van der Waals surface area contributed by atoms with E-state index in [2.05, 4.69) is 88.4 Å². The molecule has 2 N–H and O–H groups in total. The molecule has 3 rings (SSSR count). The van der Waals surface area contributed by atoms with Gasteiger partial charge in [-0.1, -0.05) is 74.0 Å². The summed E-state index contributed by atoms with van der Waals surface area (Å²) in [5, 5.41) is 15.3. The van der Waals surface area contributed by atoms with Gasteiger partial charge >= 0.3 is 0 Å². The van der Waals surface area contributed by atoms with Crippen molar-refractivity contribution in [3.8, 4) is 0 Å². The van der Waals surface area contributed by atoms with Gasteiger partial charge in [0, 0.05) is 26.1 Å². The molecule has 1 aromatic heterocycles. The van der Waals surface area contributed by atoms with E-state index in [1.165, 1.54) is 11.1 Å². The van der Waals surface area contributed by atoms with Crippen LogP contribution in [-0.4, -0.2) is 33.8 Å². The molecule has 0 bridgehead atoms. The number of guanidine groups is 1. The maximum Gasteiger partial charge on any atom is 0.191 e. The molecule has 6 nitrogen and oxygen atoms in total. The van der Waals surface area contributed by atoms with E-state index in [-0.39, 0.29) is 0 Å². The van der Waals surface area contributed by atoms with Crippen molar-refractivity contribution < 1.29 is 0 Å². The first-order valence-electron chi connectivity index (χ1n) is 11.2. The van der Waals surface area contributed by atoms with E-state index in [1.807, 2.05) is 18.5 Å². The summed E-state index contributed by atoms with van der Waals surface area (Å²) in [5.74, 6) is 2.93. The summed E-state index contributed by atoms with van der Waals surface area (Å²) in [6.45, 7) is 6.37. The average molecular weight is 419 g/mol. The Labute approximate surface area is 185 Å². The maximum absolute atomic E-state index is 4.75. The third-order valence-electron chi connectivity index (χ3n) is 5.51. The van der Waals surface area contributed by atoms with Crippen LogP contribution in [0.3, 0.4) is 0 Å². The predicted molar refractivity (Wildman–Crippen MR) is 127 cm³/mol. The molecule has 0 aliphatic rings. The van der Waals surface area contributed by atoms with Gasteiger partial charge in [0.1, 0.15) is 12.4 Å². The SMILES string of the molecule is CCCCNC(=NCc1nnc(C)n1C)NCCC(c1ccccc1)c1ccccc1. The van der Waals surface area contributed by atoms with Crippen molar-refractivity contribution in [2.45, 2.75) is 45.6 Å². The number of hydrogen-bond donors (Lipinski definition) is 2. The molecular formula is C25H34N6. The molecule has 0 aliphatic heterocycles. The number of rotatable bonds is 10. The van der Waals surface area contributed by atoms with Gasteiger partial charge in [-0.15, -0.1) is 10.2 Å². The molecular weight excluding hydrogens is 384 g/mol. The third-order valence-corrected chi connectivity index (χ3v) is 5.51. The quantitative estimate of drug-likeness (QED) is 0.294. The smallest absolute Gasteiger partial charge is 0.191 e. The number of aliphatic imine (C=N–C) groups is 1. The summed E-state index contributed by atoms with van der Waals surface area (Å²) in [6, 6.07) is 21.4. The molecule has 0 radical (unpaired) electrons. The Morgan fingerprint density at radius 1 is 0.935 bits per heavy atom. The second-order valence-corrected chi connectivity index (χ2v) is 7.76. The molecule has 2 aromatic carbocycles. The zero-order chi connectivity index (χ0) is 21.9. The van der Waals surface area contributed by atoms with Gasteiger partial charge in [-0.05, 0) is 30.9 Å². The number of hydrogen-bond acceptors (Lipinski definition) is 3. The first kappa shape index (κ1) is 22.5. The highest BCUT2D eigenvalue weighted by molar-refractivity contribution is 5.79. The van der Waals surface area contributed by atoms with Crippen molar-refractivity contribution in [1.29, 1.82) is 0 Å². The predicted octanol–water partition coefficient (Wildman–Crippen LogP) is 4.18. The molecule has 0 fully saturated rings. The number of aromatic nitrogens is 3.